The third-order valence-corrected chi connectivity index (χ3v) is 2.11. The van der Waals surface area contributed by atoms with Crippen LogP contribution in [0.4, 0.5) is 5.82 Å². The topological polar surface area (TPSA) is 75.9 Å². The molecule has 2 aromatic heterocycles. The van der Waals surface area contributed by atoms with E-state index < -0.39 is 0 Å². The molecule has 6 heteroatoms. The summed E-state index contributed by atoms with van der Waals surface area (Å²) in [6.45, 7) is 3.54. The minimum Gasteiger partial charge on any atom is -0.368 e. The molecule has 2 N–H and O–H groups in total. The van der Waals surface area contributed by atoms with Gasteiger partial charge in [0, 0.05) is 13.1 Å². The molecule has 6 nitrogen and oxygen atoms in total. The molecule has 15 heavy (non-hydrogen) atoms. The van der Waals surface area contributed by atoms with Gasteiger partial charge in [-0.1, -0.05) is 5.16 Å². The van der Waals surface area contributed by atoms with Crippen LogP contribution in [0.3, 0.4) is 0 Å². The average molecular weight is 207 g/mol. The fourth-order valence-corrected chi connectivity index (χ4v) is 1.36. The highest BCUT2D eigenvalue weighted by Crippen LogP contribution is 2.21. The van der Waals surface area contributed by atoms with E-state index in [0.29, 0.717) is 5.71 Å². The van der Waals surface area contributed by atoms with Gasteiger partial charge < -0.3 is 15.2 Å². The predicted octanol–water partition coefficient (Wildman–Crippen LogP) is 0.558. The lowest BCUT2D eigenvalue weighted by Gasteiger charge is -2.04. The van der Waals surface area contributed by atoms with E-state index in [9.17, 15) is 0 Å². The maximum absolute atomic E-state index is 5.04. The zero-order valence-corrected chi connectivity index (χ0v) is 8.74. The third kappa shape index (κ3) is 1.89. The Kier molecular flexibility index (Phi) is 2.77. The van der Waals surface area contributed by atoms with Gasteiger partial charge in [0.25, 0.3) is 5.71 Å². The summed E-state index contributed by atoms with van der Waals surface area (Å²) < 4.78 is 5.04. The highest BCUT2D eigenvalue weighted by molar-refractivity contribution is 5.87. The molecule has 0 unspecified atom stereocenters. The van der Waals surface area contributed by atoms with Crippen LogP contribution >= 0.6 is 0 Å². The highest BCUT2D eigenvalue weighted by Gasteiger charge is 2.10. The lowest BCUT2D eigenvalue weighted by Crippen LogP contribution is -2.18. The van der Waals surface area contributed by atoms with E-state index in [0.717, 1.165) is 30.0 Å². The van der Waals surface area contributed by atoms with Gasteiger partial charge in [-0.2, -0.15) is 4.98 Å². The first-order valence-corrected chi connectivity index (χ1v) is 4.78. The van der Waals surface area contributed by atoms with Gasteiger partial charge in [-0.15, -0.1) is 0 Å². The normalized spacial score (nSPS) is 10.8. The van der Waals surface area contributed by atoms with Crippen LogP contribution in [0.25, 0.3) is 11.1 Å². The molecule has 0 aliphatic carbocycles. The second-order valence-corrected chi connectivity index (χ2v) is 3.20. The van der Waals surface area contributed by atoms with Crippen molar-refractivity contribution in [2.24, 2.45) is 0 Å². The predicted molar refractivity (Wildman–Crippen MR) is 56.8 cm³/mol. The van der Waals surface area contributed by atoms with Gasteiger partial charge in [0.05, 0.1) is 5.69 Å². The maximum atomic E-state index is 5.04. The average Bonchev–Trinajstić information content (AvgIpc) is 2.62. The largest absolute Gasteiger partial charge is 0.368 e. The standard InChI is InChI=1S/C9H13N5O/c1-6-7-8(11-4-3-10-2)12-5-13-9(7)15-14-6/h5,10H,3-4H2,1-2H3,(H,11,12,13). The second-order valence-electron chi connectivity index (χ2n) is 3.20. The lowest BCUT2D eigenvalue weighted by atomic mass is 10.3. The van der Waals surface area contributed by atoms with E-state index in [1.807, 2.05) is 14.0 Å². The van der Waals surface area contributed by atoms with Gasteiger partial charge in [0.15, 0.2) is 0 Å². The summed E-state index contributed by atoms with van der Waals surface area (Å²) in [5.74, 6) is 0.772. The lowest BCUT2D eigenvalue weighted by molar-refractivity contribution is 0.442. The number of aromatic nitrogens is 3. The molecular weight excluding hydrogens is 194 g/mol. The quantitative estimate of drug-likeness (QED) is 0.713. The van der Waals surface area contributed by atoms with Crippen molar-refractivity contribution in [3.63, 3.8) is 0 Å². The Bertz CT molecular complexity index is 453. The van der Waals surface area contributed by atoms with Gasteiger partial charge in [-0.3, -0.25) is 0 Å². The van der Waals surface area contributed by atoms with Crippen molar-refractivity contribution in [3.8, 4) is 0 Å². The Balaban J connectivity index is 2.29. The molecule has 0 spiro atoms. The molecule has 0 fully saturated rings. The van der Waals surface area contributed by atoms with Crippen LogP contribution in [-0.2, 0) is 0 Å². The number of rotatable bonds is 4. The van der Waals surface area contributed by atoms with E-state index in [4.69, 9.17) is 4.52 Å². The van der Waals surface area contributed by atoms with Crippen molar-refractivity contribution in [1.29, 1.82) is 0 Å². The molecule has 0 saturated carbocycles. The number of hydrogen-bond donors (Lipinski definition) is 2. The summed E-state index contributed by atoms with van der Waals surface area (Å²) in [4.78, 5) is 8.16. The van der Waals surface area contributed by atoms with Crippen molar-refractivity contribution in [2.45, 2.75) is 6.92 Å². The summed E-state index contributed by atoms with van der Waals surface area (Å²) >= 11 is 0. The Morgan fingerprint density at radius 3 is 3.00 bits per heavy atom. The number of nitrogens with one attached hydrogen (secondary N) is 2. The minimum absolute atomic E-state index is 0.523. The molecule has 0 saturated heterocycles. The SMILES string of the molecule is CNCCNc1ncnc2onc(C)c12. The molecule has 0 aliphatic rings. The summed E-state index contributed by atoms with van der Waals surface area (Å²) in [6.07, 6.45) is 1.47. The monoisotopic (exact) mass is 207 g/mol. The molecule has 0 bridgehead atoms. The van der Waals surface area contributed by atoms with Crippen LogP contribution < -0.4 is 10.6 Å². The van der Waals surface area contributed by atoms with E-state index in [1.54, 1.807) is 0 Å². The summed E-state index contributed by atoms with van der Waals surface area (Å²) in [5.41, 5.74) is 1.33. The van der Waals surface area contributed by atoms with Crippen LogP contribution in [0.5, 0.6) is 0 Å². The smallest absolute Gasteiger partial charge is 0.263 e. The summed E-state index contributed by atoms with van der Waals surface area (Å²) in [7, 11) is 1.90. The molecule has 0 amide bonds. The fraction of sp³-hybridized carbons (Fsp3) is 0.444. The first kappa shape index (κ1) is 9.85. The molecular formula is C9H13N5O. The van der Waals surface area contributed by atoms with Crippen LogP contribution in [0.15, 0.2) is 10.9 Å². The first-order valence-electron chi connectivity index (χ1n) is 4.78. The summed E-state index contributed by atoms with van der Waals surface area (Å²) in [5, 5.41) is 11.0. The Morgan fingerprint density at radius 1 is 1.33 bits per heavy atom. The third-order valence-electron chi connectivity index (χ3n) is 2.11. The van der Waals surface area contributed by atoms with Crippen molar-refractivity contribution in [1.82, 2.24) is 20.4 Å². The fourth-order valence-electron chi connectivity index (χ4n) is 1.36. The van der Waals surface area contributed by atoms with Gasteiger partial charge in [-0.25, -0.2) is 4.98 Å². The van der Waals surface area contributed by atoms with Gasteiger partial charge in [0.2, 0.25) is 0 Å². The number of nitrogens with zero attached hydrogens (tertiary/aromatic N) is 3. The van der Waals surface area contributed by atoms with Crippen LogP contribution in [-0.4, -0.2) is 35.3 Å². The molecule has 2 aromatic rings. The van der Waals surface area contributed by atoms with Crippen LogP contribution in [0.1, 0.15) is 5.69 Å². The van der Waals surface area contributed by atoms with Gasteiger partial charge in [0.1, 0.15) is 17.5 Å². The molecule has 2 heterocycles. The van der Waals surface area contributed by atoms with Crippen LogP contribution in [0, 0.1) is 6.92 Å². The maximum Gasteiger partial charge on any atom is 0.263 e. The van der Waals surface area contributed by atoms with E-state index in [1.165, 1.54) is 6.33 Å². The second kappa shape index (κ2) is 4.22. The van der Waals surface area contributed by atoms with E-state index in [-0.39, 0.29) is 0 Å². The molecule has 0 aromatic carbocycles. The van der Waals surface area contributed by atoms with Gasteiger partial charge >= 0.3 is 0 Å². The first-order chi connectivity index (χ1) is 7.33. The van der Waals surface area contributed by atoms with E-state index >= 15 is 0 Å². The Hall–Kier alpha value is -1.69. The highest BCUT2D eigenvalue weighted by atomic mass is 16.5. The number of fused-ring (bicyclic) bond motifs is 1. The zero-order valence-electron chi connectivity index (χ0n) is 8.74. The van der Waals surface area contributed by atoms with Gasteiger partial charge in [-0.05, 0) is 14.0 Å². The van der Waals surface area contributed by atoms with Crippen molar-refractivity contribution >= 4 is 16.9 Å². The van der Waals surface area contributed by atoms with E-state index in [2.05, 4.69) is 25.8 Å². The zero-order chi connectivity index (χ0) is 10.7. The number of aryl methyl sites for hydroxylation is 1. The van der Waals surface area contributed by atoms with Crippen molar-refractivity contribution in [3.05, 3.63) is 12.0 Å². The molecule has 0 aliphatic heterocycles. The molecule has 0 atom stereocenters. The van der Waals surface area contributed by atoms with Crippen molar-refractivity contribution < 1.29 is 4.52 Å². The molecule has 2 rings (SSSR count). The summed E-state index contributed by atoms with van der Waals surface area (Å²) in [6, 6.07) is 0. The minimum atomic E-state index is 0.523. The molecule has 80 valence electrons. The van der Waals surface area contributed by atoms with Crippen LogP contribution in [0.2, 0.25) is 0 Å². The Labute approximate surface area is 87.1 Å². The molecule has 0 radical (unpaired) electrons. The number of hydrogen-bond acceptors (Lipinski definition) is 6. The van der Waals surface area contributed by atoms with Crippen molar-refractivity contribution in [2.75, 3.05) is 25.5 Å². The Morgan fingerprint density at radius 2 is 2.20 bits per heavy atom. The number of likely N-dealkylation sites (N-methyl/N-ethyl adjacent to an activating group) is 1. The number of anilines is 1.